The maximum absolute atomic E-state index is 13.6. The number of aromatic nitrogens is 4. The third kappa shape index (κ3) is 6.34. The molecular formula is C31H45N7O2S. The van der Waals surface area contributed by atoms with E-state index in [1.165, 1.54) is 25.9 Å². The van der Waals surface area contributed by atoms with Gasteiger partial charge in [-0.25, -0.2) is 9.67 Å². The maximum Gasteiger partial charge on any atom is 0.253 e. The van der Waals surface area contributed by atoms with Gasteiger partial charge in [0.1, 0.15) is 0 Å². The number of carbonyl (C=O) groups excluding carboxylic acids is 1. The van der Waals surface area contributed by atoms with Crippen molar-refractivity contribution >= 4 is 33.0 Å². The molecule has 2 N–H and O–H groups in total. The van der Waals surface area contributed by atoms with Gasteiger partial charge in [-0.15, -0.1) is 10.7 Å². The van der Waals surface area contributed by atoms with E-state index in [0.29, 0.717) is 23.1 Å². The fourth-order valence-corrected chi connectivity index (χ4v) is 7.47. The summed E-state index contributed by atoms with van der Waals surface area (Å²) in [5.41, 5.74) is 4.40. The molecule has 1 amide bonds. The van der Waals surface area contributed by atoms with Crippen molar-refractivity contribution in [3.63, 3.8) is 0 Å². The molecule has 10 heteroatoms. The van der Waals surface area contributed by atoms with Crippen LogP contribution in [-0.2, 0) is 6.54 Å². The lowest BCUT2D eigenvalue weighted by molar-refractivity contribution is 0.0952. The van der Waals surface area contributed by atoms with Gasteiger partial charge in [-0.3, -0.25) is 13.9 Å². The molecule has 222 valence electrons. The topological polar surface area (TPSA) is 99.1 Å². The van der Waals surface area contributed by atoms with Crippen molar-refractivity contribution in [1.82, 2.24) is 34.3 Å². The first-order valence-corrected chi connectivity index (χ1v) is 16.6. The van der Waals surface area contributed by atoms with Crippen LogP contribution in [0.25, 0.3) is 11.0 Å². The lowest BCUT2D eigenvalue weighted by Crippen LogP contribution is -2.46. The van der Waals surface area contributed by atoms with E-state index < -0.39 is 0 Å². The SMILES string of the molecule is C/C=S(\C)N1CCC(N2CCC(c3cc(C(=O)NCc4c(C)cc(C)[nH]c4=O)c4cnn(C(C)C)c4n3)CC2)CC1. The number of amides is 1. The highest BCUT2D eigenvalue weighted by molar-refractivity contribution is 8.12. The number of likely N-dealkylation sites (tertiary alicyclic amines) is 1. The average molecular weight is 580 g/mol. The van der Waals surface area contributed by atoms with Crippen LogP contribution in [0.3, 0.4) is 0 Å². The minimum absolute atomic E-state index is 0.126. The standard InChI is InChI=1S/C31H45N7O2S/c1-7-41(6)37-14-10-24(11-15-37)36-12-8-23(9-13-36)28-17-25(27-19-33-38(20(2)3)29(27)35-28)30(39)32-18-26-21(4)16-22(5)34-31(26)40/h7,16-17,19-20,23-24H,8-15,18H2,1-6H3,(H,32,39)(H,34,40). The maximum atomic E-state index is 13.6. The molecule has 0 bridgehead atoms. The van der Waals surface area contributed by atoms with E-state index in [1.54, 1.807) is 6.20 Å². The zero-order chi connectivity index (χ0) is 29.3. The van der Waals surface area contributed by atoms with Crippen molar-refractivity contribution in [2.24, 2.45) is 0 Å². The van der Waals surface area contributed by atoms with Crippen LogP contribution >= 0.6 is 10.7 Å². The van der Waals surface area contributed by atoms with Gasteiger partial charge in [0.15, 0.2) is 5.65 Å². The molecule has 5 rings (SSSR count). The minimum Gasteiger partial charge on any atom is -0.348 e. The summed E-state index contributed by atoms with van der Waals surface area (Å²) in [5.74, 6) is 0.0981. The Morgan fingerprint density at radius 3 is 2.49 bits per heavy atom. The van der Waals surface area contributed by atoms with E-state index >= 15 is 0 Å². The van der Waals surface area contributed by atoms with Crippen LogP contribution in [-0.4, -0.2) is 78.7 Å². The number of hydrogen-bond acceptors (Lipinski definition) is 6. The van der Waals surface area contributed by atoms with Gasteiger partial charge in [-0.2, -0.15) is 5.10 Å². The first kappa shape index (κ1) is 29.7. The normalized spacial score (nSPS) is 18.9. The third-order valence-electron chi connectivity index (χ3n) is 8.88. The van der Waals surface area contributed by atoms with Gasteiger partial charge in [0.2, 0.25) is 0 Å². The highest BCUT2D eigenvalue weighted by Crippen LogP contribution is 2.33. The molecule has 2 aliphatic heterocycles. The summed E-state index contributed by atoms with van der Waals surface area (Å²) in [4.78, 5) is 36.7. The Labute approximate surface area is 245 Å². The van der Waals surface area contributed by atoms with Crippen LogP contribution in [0.4, 0.5) is 0 Å². The lowest BCUT2D eigenvalue weighted by atomic mass is 9.90. The zero-order valence-corrected chi connectivity index (χ0v) is 26.2. The molecule has 41 heavy (non-hydrogen) atoms. The molecule has 0 spiro atoms. The lowest BCUT2D eigenvalue weighted by Gasteiger charge is -2.42. The van der Waals surface area contributed by atoms with Crippen LogP contribution in [0, 0.1) is 13.8 Å². The summed E-state index contributed by atoms with van der Waals surface area (Å²) >= 11 is 0. The summed E-state index contributed by atoms with van der Waals surface area (Å²) in [7, 11) is 0.275. The Balaban J connectivity index is 1.33. The van der Waals surface area contributed by atoms with Crippen molar-refractivity contribution in [2.75, 3.05) is 32.4 Å². The van der Waals surface area contributed by atoms with Crippen molar-refractivity contribution < 1.29 is 4.79 Å². The monoisotopic (exact) mass is 579 g/mol. The highest BCUT2D eigenvalue weighted by atomic mass is 32.2. The Morgan fingerprint density at radius 2 is 1.85 bits per heavy atom. The van der Waals surface area contributed by atoms with Gasteiger partial charge in [-0.05, 0) is 97.3 Å². The fraction of sp³-hybridized carbons (Fsp3) is 0.581. The zero-order valence-electron chi connectivity index (χ0n) is 25.4. The average Bonchev–Trinajstić information content (AvgIpc) is 3.40. The van der Waals surface area contributed by atoms with E-state index in [0.717, 1.165) is 53.9 Å². The molecule has 0 radical (unpaired) electrons. The predicted molar refractivity (Wildman–Crippen MR) is 169 cm³/mol. The Kier molecular flexibility index (Phi) is 9.11. The third-order valence-corrected chi connectivity index (χ3v) is 10.7. The second kappa shape index (κ2) is 12.6. The number of fused-ring (bicyclic) bond motifs is 1. The van der Waals surface area contributed by atoms with E-state index in [4.69, 9.17) is 4.98 Å². The second-order valence-corrected chi connectivity index (χ2v) is 13.9. The summed E-state index contributed by atoms with van der Waals surface area (Å²) < 4.78 is 4.52. The van der Waals surface area contributed by atoms with E-state index in [-0.39, 0.29) is 34.7 Å². The number of hydrogen-bond donors (Lipinski definition) is 2. The largest absolute Gasteiger partial charge is 0.348 e. The number of aryl methyl sites for hydroxylation is 2. The molecule has 1 unspecified atom stereocenters. The molecule has 3 aromatic rings. The van der Waals surface area contributed by atoms with Gasteiger partial charge < -0.3 is 15.2 Å². The van der Waals surface area contributed by atoms with Gasteiger partial charge in [0, 0.05) is 54.6 Å². The van der Waals surface area contributed by atoms with E-state index in [1.807, 2.05) is 30.7 Å². The van der Waals surface area contributed by atoms with Crippen LogP contribution in [0.2, 0.25) is 0 Å². The van der Waals surface area contributed by atoms with Crippen molar-refractivity contribution in [1.29, 1.82) is 0 Å². The first-order chi connectivity index (χ1) is 19.7. The molecule has 5 heterocycles. The van der Waals surface area contributed by atoms with E-state index in [9.17, 15) is 9.59 Å². The highest BCUT2D eigenvalue weighted by Gasteiger charge is 2.30. The van der Waals surface area contributed by atoms with Gasteiger partial charge >= 0.3 is 0 Å². The number of nitrogens with zero attached hydrogens (tertiary/aromatic N) is 5. The molecular weight excluding hydrogens is 534 g/mol. The van der Waals surface area contributed by atoms with Crippen LogP contribution in [0.1, 0.15) is 91.3 Å². The predicted octanol–water partition coefficient (Wildman–Crippen LogP) is 4.53. The summed E-state index contributed by atoms with van der Waals surface area (Å²) in [6.45, 7) is 14.7. The Hall–Kier alpha value is -2.82. The molecule has 0 aromatic carbocycles. The molecule has 2 saturated heterocycles. The van der Waals surface area contributed by atoms with Crippen molar-refractivity contribution in [3.05, 3.63) is 56.8 Å². The molecule has 1 atom stereocenters. The van der Waals surface area contributed by atoms with Crippen LogP contribution in [0.15, 0.2) is 23.1 Å². The Morgan fingerprint density at radius 1 is 1.15 bits per heavy atom. The molecule has 2 fully saturated rings. The van der Waals surface area contributed by atoms with Gasteiger partial charge in [0.05, 0.1) is 17.1 Å². The summed E-state index contributed by atoms with van der Waals surface area (Å²) in [6, 6.07) is 4.69. The molecule has 9 nitrogen and oxygen atoms in total. The molecule has 2 aliphatic rings. The van der Waals surface area contributed by atoms with Crippen LogP contribution in [0.5, 0.6) is 0 Å². The fourth-order valence-electron chi connectivity index (χ4n) is 6.38. The molecule has 3 aromatic heterocycles. The van der Waals surface area contributed by atoms with E-state index in [2.05, 4.69) is 57.0 Å². The summed E-state index contributed by atoms with van der Waals surface area (Å²) in [6.07, 6.45) is 8.61. The van der Waals surface area contributed by atoms with Gasteiger partial charge in [0.25, 0.3) is 11.5 Å². The minimum atomic E-state index is -0.204. The van der Waals surface area contributed by atoms with Crippen LogP contribution < -0.4 is 10.9 Å². The number of piperidine rings is 2. The van der Waals surface area contributed by atoms with Crippen molar-refractivity contribution in [3.8, 4) is 0 Å². The second-order valence-electron chi connectivity index (χ2n) is 11.9. The number of carbonyl (C=O) groups is 1. The number of nitrogens with one attached hydrogen (secondary N) is 2. The molecule has 0 aliphatic carbocycles. The first-order valence-electron chi connectivity index (χ1n) is 14.9. The number of aromatic amines is 1. The Bertz CT molecular complexity index is 1490. The smallest absolute Gasteiger partial charge is 0.253 e. The van der Waals surface area contributed by atoms with Gasteiger partial charge in [-0.1, -0.05) is 5.37 Å². The molecule has 0 saturated carbocycles. The number of pyridine rings is 2. The quantitative estimate of drug-likeness (QED) is 0.399. The van der Waals surface area contributed by atoms with Crippen molar-refractivity contribution in [2.45, 2.75) is 84.8 Å². The summed E-state index contributed by atoms with van der Waals surface area (Å²) in [5, 5.41) is 10.7. The number of rotatable bonds is 7. The number of H-pyrrole nitrogens is 1.